The van der Waals surface area contributed by atoms with Gasteiger partial charge in [-0.15, -0.1) is 15.0 Å². The summed E-state index contributed by atoms with van der Waals surface area (Å²) >= 11 is 0. The summed E-state index contributed by atoms with van der Waals surface area (Å²) in [6, 6.07) is 9.48. The van der Waals surface area contributed by atoms with Crippen LogP contribution in [0.2, 0.25) is 0 Å². The first kappa shape index (κ1) is 24.3. The highest BCUT2D eigenvalue weighted by Gasteiger charge is 2.21. The van der Waals surface area contributed by atoms with Gasteiger partial charge in [0.1, 0.15) is 0 Å². The van der Waals surface area contributed by atoms with Crippen LogP contribution in [0.25, 0.3) is 22.3 Å². The zero-order valence-electron chi connectivity index (χ0n) is 21.7. The quantitative estimate of drug-likeness (QED) is 0.366. The minimum Gasteiger partial charge on any atom is -0.389 e. The van der Waals surface area contributed by atoms with Crippen molar-refractivity contribution in [3.8, 4) is 16.8 Å². The van der Waals surface area contributed by atoms with Crippen LogP contribution in [0.1, 0.15) is 47.0 Å². The monoisotopic (exact) mass is 499 g/mol. The number of amides is 1. The van der Waals surface area contributed by atoms with Crippen molar-refractivity contribution in [2.24, 2.45) is 0 Å². The molecule has 11 heteroatoms. The Morgan fingerprint density at radius 1 is 1.08 bits per heavy atom. The molecule has 1 aromatic carbocycles. The number of nitrogens with one attached hydrogen (secondary N) is 1. The Bertz CT molecular complexity index is 1640. The van der Waals surface area contributed by atoms with Crippen LogP contribution in [0.15, 0.2) is 42.7 Å². The molecule has 0 atom stereocenters. The standard InChI is InChI=1S/C26H29N9O2/c1-15-7-8-20(35-31-18(4)29-32-35)12-22(15)28-25(36)21-13-27-33-10-9-19(11-23(21)33)24-16(2)30-34(17(24)3)14-26(5,6)37/h7-13,37H,14H2,1-6H3,(H,28,36). The zero-order chi connectivity index (χ0) is 26.5. The number of hydrogen-bond donors (Lipinski definition) is 2. The van der Waals surface area contributed by atoms with Gasteiger partial charge in [-0.1, -0.05) is 6.07 Å². The van der Waals surface area contributed by atoms with Crippen LogP contribution in [-0.4, -0.2) is 56.2 Å². The molecule has 37 heavy (non-hydrogen) atoms. The third-order valence-corrected chi connectivity index (χ3v) is 6.19. The van der Waals surface area contributed by atoms with Gasteiger partial charge in [-0.3, -0.25) is 9.48 Å². The molecule has 0 fully saturated rings. The normalized spacial score (nSPS) is 11.9. The van der Waals surface area contributed by atoms with E-state index in [1.165, 1.54) is 4.80 Å². The van der Waals surface area contributed by atoms with Crippen molar-refractivity contribution >= 4 is 17.1 Å². The van der Waals surface area contributed by atoms with Crippen molar-refractivity contribution in [2.45, 2.75) is 53.7 Å². The van der Waals surface area contributed by atoms with Crippen molar-refractivity contribution in [3.05, 3.63) is 71.1 Å². The second kappa shape index (κ2) is 8.93. The van der Waals surface area contributed by atoms with Crippen molar-refractivity contribution in [1.82, 2.24) is 39.6 Å². The van der Waals surface area contributed by atoms with Crippen molar-refractivity contribution in [3.63, 3.8) is 0 Å². The molecule has 4 heterocycles. The molecule has 190 valence electrons. The molecular weight excluding hydrogens is 470 g/mol. The third kappa shape index (κ3) is 4.73. The average molecular weight is 500 g/mol. The Morgan fingerprint density at radius 2 is 1.86 bits per heavy atom. The maximum absolute atomic E-state index is 13.4. The van der Waals surface area contributed by atoms with Gasteiger partial charge in [0.2, 0.25) is 0 Å². The van der Waals surface area contributed by atoms with Gasteiger partial charge in [0, 0.05) is 23.1 Å². The minimum absolute atomic E-state index is 0.277. The molecule has 0 bridgehead atoms. The van der Waals surface area contributed by atoms with Gasteiger partial charge in [-0.2, -0.15) is 10.2 Å². The Kier molecular flexibility index (Phi) is 5.87. The van der Waals surface area contributed by atoms with E-state index in [0.717, 1.165) is 28.1 Å². The largest absolute Gasteiger partial charge is 0.389 e. The Hall–Kier alpha value is -4.38. The summed E-state index contributed by atoms with van der Waals surface area (Å²) in [5, 5.41) is 34.5. The molecule has 4 aromatic heterocycles. The fourth-order valence-corrected chi connectivity index (χ4v) is 4.40. The minimum atomic E-state index is -0.889. The molecule has 0 radical (unpaired) electrons. The van der Waals surface area contributed by atoms with Crippen LogP contribution in [0.5, 0.6) is 0 Å². The Balaban J connectivity index is 1.48. The molecule has 0 unspecified atom stereocenters. The van der Waals surface area contributed by atoms with Gasteiger partial charge < -0.3 is 10.4 Å². The number of carbonyl (C=O) groups excluding carboxylic acids is 1. The number of fused-ring (bicyclic) bond motifs is 1. The van der Waals surface area contributed by atoms with Crippen LogP contribution < -0.4 is 5.32 Å². The van der Waals surface area contributed by atoms with E-state index in [0.29, 0.717) is 34.8 Å². The van der Waals surface area contributed by atoms with Crippen LogP contribution in [0.4, 0.5) is 5.69 Å². The van der Waals surface area contributed by atoms with Crippen molar-refractivity contribution < 1.29 is 9.90 Å². The molecule has 0 aliphatic carbocycles. The number of tetrazole rings is 1. The molecule has 0 saturated carbocycles. The summed E-state index contributed by atoms with van der Waals surface area (Å²) in [5.41, 5.74) is 6.15. The summed E-state index contributed by atoms with van der Waals surface area (Å²) in [6.45, 7) is 11.5. The molecule has 5 aromatic rings. The number of pyridine rings is 1. The van der Waals surface area contributed by atoms with Crippen LogP contribution in [0, 0.1) is 27.7 Å². The van der Waals surface area contributed by atoms with Crippen molar-refractivity contribution in [2.75, 3.05) is 5.32 Å². The summed E-state index contributed by atoms with van der Waals surface area (Å²) in [6.07, 6.45) is 3.39. The van der Waals surface area contributed by atoms with E-state index in [-0.39, 0.29) is 5.91 Å². The van der Waals surface area contributed by atoms with E-state index in [9.17, 15) is 9.90 Å². The van der Waals surface area contributed by atoms with E-state index in [2.05, 4.69) is 30.9 Å². The lowest BCUT2D eigenvalue weighted by atomic mass is 10.0. The van der Waals surface area contributed by atoms with Crippen LogP contribution in [0.3, 0.4) is 0 Å². The van der Waals surface area contributed by atoms with Gasteiger partial charge in [-0.25, -0.2) is 4.52 Å². The second-order valence-electron chi connectivity index (χ2n) is 9.90. The highest BCUT2D eigenvalue weighted by Crippen LogP contribution is 2.30. The number of carbonyl (C=O) groups is 1. The summed E-state index contributed by atoms with van der Waals surface area (Å²) in [7, 11) is 0. The molecule has 5 rings (SSSR count). The fourth-order valence-electron chi connectivity index (χ4n) is 4.40. The molecular formula is C26H29N9O2. The van der Waals surface area contributed by atoms with E-state index in [1.54, 1.807) is 31.5 Å². The molecule has 2 N–H and O–H groups in total. The lowest BCUT2D eigenvalue weighted by molar-refractivity contribution is 0.0570. The van der Waals surface area contributed by atoms with Gasteiger partial charge >= 0.3 is 0 Å². The van der Waals surface area contributed by atoms with Gasteiger partial charge in [0.25, 0.3) is 5.91 Å². The Labute approximate surface area is 213 Å². The number of anilines is 1. The molecule has 1 amide bonds. The number of benzene rings is 1. The van der Waals surface area contributed by atoms with Gasteiger partial charge in [0.05, 0.1) is 40.8 Å². The molecule has 0 aliphatic heterocycles. The first-order valence-electron chi connectivity index (χ1n) is 11.9. The maximum atomic E-state index is 13.4. The number of aryl methyl sites for hydroxylation is 3. The second-order valence-corrected chi connectivity index (χ2v) is 9.90. The summed E-state index contributed by atoms with van der Waals surface area (Å²) in [5.74, 6) is 0.283. The predicted molar refractivity (Wildman–Crippen MR) is 139 cm³/mol. The van der Waals surface area contributed by atoms with E-state index in [1.807, 2.05) is 62.0 Å². The smallest absolute Gasteiger partial charge is 0.259 e. The number of aliphatic hydroxyl groups is 1. The van der Waals surface area contributed by atoms with E-state index in [4.69, 9.17) is 0 Å². The lowest BCUT2D eigenvalue weighted by Gasteiger charge is -2.18. The first-order chi connectivity index (χ1) is 17.5. The van der Waals surface area contributed by atoms with Gasteiger partial charge in [0.15, 0.2) is 5.82 Å². The first-order valence-corrected chi connectivity index (χ1v) is 11.9. The molecule has 0 spiro atoms. The predicted octanol–water partition coefficient (Wildman–Crippen LogP) is 3.43. The third-order valence-electron chi connectivity index (χ3n) is 6.19. The van der Waals surface area contributed by atoms with Gasteiger partial charge in [-0.05, 0) is 82.1 Å². The van der Waals surface area contributed by atoms with E-state index >= 15 is 0 Å². The maximum Gasteiger partial charge on any atom is 0.259 e. The summed E-state index contributed by atoms with van der Waals surface area (Å²) in [4.78, 5) is 14.8. The number of hydrogen-bond acceptors (Lipinski definition) is 7. The van der Waals surface area contributed by atoms with Crippen LogP contribution in [-0.2, 0) is 6.54 Å². The topological polar surface area (TPSA) is 128 Å². The van der Waals surface area contributed by atoms with Crippen LogP contribution >= 0.6 is 0 Å². The highest BCUT2D eigenvalue weighted by molar-refractivity contribution is 6.09. The van der Waals surface area contributed by atoms with E-state index < -0.39 is 5.60 Å². The highest BCUT2D eigenvalue weighted by atomic mass is 16.3. The fraction of sp³-hybridized carbons (Fsp3) is 0.308. The molecule has 11 nitrogen and oxygen atoms in total. The number of aromatic nitrogens is 8. The Morgan fingerprint density at radius 3 is 2.57 bits per heavy atom. The molecule has 0 aliphatic rings. The summed E-state index contributed by atoms with van der Waals surface area (Å²) < 4.78 is 3.50. The number of nitrogens with zero attached hydrogens (tertiary/aromatic N) is 8. The SMILES string of the molecule is Cc1nnn(-c2ccc(C)c(NC(=O)c3cnn4ccc(-c5c(C)nn(CC(C)(C)O)c5C)cc34)c2)n1. The van der Waals surface area contributed by atoms with Crippen molar-refractivity contribution in [1.29, 1.82) is 0 Å². The number of rotatable bonds is 6. The average Bonchev–Trinajstić information content (AvgIpc) is 3.51. The zero-order valence-corrected chi connectivity index (χ0v) is 21.7. The lowest BCUT2D eigenvalue weighted by Crippen LogP contribution is -2.27. The molecule has 0 saturated heterocycles.